The molecule has 6 heteroatoms. The number of hydrogen-bond donors (Lipinski definition) is 1. The van der Waals surface area contributed by atoms with Crippen LogP contribution in [0.25, 0.3) is 0 Å². The van der Waals surface area contributed by atoms with Crippen molar-refractivity contribution >= 4 is 5.91 Å². The predicted octanol–water partition coefficient (Wildman–Crippen LogP) is 2.24. The SMILES string of the molecule is CC(C)CO[C@@H](C)C(=O)N[C@@H](C)c1nnc2n1CCCCC2. The lowest BCUT2D eigenvalue weighted by Crippen LogP contribution is -2.37. The molecule has 124 valence electrons. The number of ether oxygens (including phenoxy) is 1. The molecule has 0 saturated heterocycles. The number of hydrogen-bond acceptors (Lipinski definition) is 4. The normalized spacial score (nSPS) is 17.7. The summed E-state index contributed by atoms with van der Waals surface area (Å²) in [5.74, 6) is 2.21. The lowest BCUT2D eigenvalue weighted by molar-refractivity contribution is -0.133. The van der Waals surface area contributed by atoms with E-state index in [0.717, 1.165) is 31.0 Å². The van der Waals surface area contributed by atoms with E-state index in [9.17, 15) is 4.79 Å². The van der Waals surface area contributed by atoms with Crippen molar-refractivity contribution in [3.05, 3.63) is 11.6 Å². The summed E-state index contributed by atoms with van der Waals surface area (Å²) < 4.78 is 7.73. The van der Waals surface area contributed by atoms with E-state index >= 15 is 0 Å². The van der Waals surface area contributed by atoms with Crippen molar-refractivity contribution in [2.45, 2.75) is 72.1 Å². The van der Waals surface area contributed by atoms with E-state index in [4.69, 9.17) is 4.74 Å². The fraction of sp³-hybridized carbons (Fsp3) is 0.812. The molecule has 2 heterocycles. The third kappa shape index (κ3) is 4.29. The quantitative estimate of drug-likeness (QED) is 0.875. The molecule has 0 bridgehead atoms. The minimum absolute atomic E-state index is 0.0980. The smallest absolute Gasteiger partial charge is 0.249 e. The molecular weight excluding hydrogens is 280 g/mol. The molecule has 1 aliphatic rings. The van der Waals surface area contributed by atoms with Gasteiger partial charge in [0.2, 0.25) is 5.91 Å². The van der Waals surface area contributed by atoms with Gasteiger partial charge in [-0.15, -0.1) is 10.2 Å². The molecule has 1 aromatic rings. The fourth-order valence-corrected chi connectivity index (χ4v) is 2.64. The second-order valence-corrected chi connectivity index (χ2v) is 6.54. The first-order chi connectivity index (χ1) is 10.5. The van der Waals surface area contributed by atoms with E-state index < -0.39 is 6.10 Å². The van der Waals surface area contributed by atoms with Gasteiger partial charge < -0.3 is 14.6 Å². The minimum atomic E-state index is -0.448. The Hall–Kier alpha value is -1.43. The van der Waals surface area contributed by atoms with Crippen LogP contribution < -0.4 is 5.32 Å². The summed E-state index contributed by atoms with van der Waals surface area (Å²) in [7, 11) is 0. The minimum Gasteiger partial charge on any atom is -0.368 e. The molecule has 0 saturated carbocycles. The van der Waals surface area contributed by atoms with Crippen molar-refractivity contribution in [3.8, 4) is 0 Å². The zero-order valence-corrected chi connectivity index (χ0v) is 14.1. The van der Waals surface area contributed by atoms with Gasteiger partial charge in [0.1, 0.15) is 11.9 Å². The molecule has 1 aromatic heterocycles. The summed E-state index contributed by atoms with van der Waals surface area (Å²) in [5.41, 5.74) is 0. The molecule has 22 heavy (non-hydrogen) atoms. The largest absolute Gasteiger partial charge is 0.368 e. The highest BCUT2D eigenvalue weighted by atomic mass is 16.5. The maximum Gasteiger partial charge on any atom is 0.249 e. The maximum atomic E-state index is 12.2. The summed E-state index contributed by atoms with van der Waals surface area (Å²) in [6.45, 7) is 9.40. The monoisotopic (exact) mass is 308 g/mol. The van der Waals surface area contributed by atoms with Crippen LogP contribution in [0.15, 0.2) is 0 Å². The second-order valence-electron chi connectivity index (χ2n) is 6.54. The van der Waals surface area contributed by atoms with Crippen LogP contribution in [0.3, 0.4) is 0 Å². The van der Waals surface area contributed by atoms with Gasteiger partial charge in [-0.2, -0.15) is 0 Å². The number of aromatic nitrogens is 3. The molecule has 1 amide bonds. The van der Waals surface area contributed by atoms with Gasteiger partial charge in [-0.1, -0.05) is 20.3 Å². The molecule has 0 aromatic carbocycles. The van der Waals surface area contributed by atoms with E-state index in [2.05, 4.69) is 33.9 Å². The van der Waals surface area contributed by atoms with E-state index in [1.807, 2.05) is 6.92 Å². The molecule has 0 radical (unpaired) electrons. The molecule has 0 unspecified atom stereocenters. The summed E-state index contributed by atoms with van der Waals surface area (Å²) in [6, 6.07) is -0.156. The van der Waals surface area contributed by atoms with E-state index in [1.54, 1.807) is 6.92 Å². The Kier molecular flexibility index (Phi) is 5.94. The number of carbonyl (C=O) groups excluding carboxylic acids is 1. The molecule has 1 N–H and O–H groups in total. The van der Waals surface area contributed by atoms with Gasteiger partial charge in [-0.05, 0) is 32.6 Å². The van der Waals surface area contributed by atoms with Crippen LogP contribution in [0.5, 0.6) is 0 Å². The number of rotatable bonds is 6. The zero-order chi connectivity index (χ0) is 16.1. The van der Waals surface area contributed by atoms with Crippen molar-refractivity contribution in [1.29, 1.82) is 0 Å². The van der Waals surface area contributed by atoms with Crippen molar-refractivity contribution < 1.29 is 9.53 Å². The zero-order valence-electron chi connectivity index (χ0n) is 14.1. The summed E-state index contributed by atoms with van der Waals surface area (Å²) >= 11 is 0. The topological polar surface area (TPSA) is 69.0 Å². The molecular formula is C16H28N4O2. The van der Waals surface area contributed by atoms with Gasteiger partial charge in [0, 0.05) is 19.6 Å². The van der Waals surface area contributed by atoms with Gasteiger partial charge >= 0.3 is 0 Å². The first kappa shape index (κ1) is 16.9. The summed E-state index contributed by atoms with van der Waals surface area (Å²) in [5, 5.41) is 11.6. The van der Waals surface area contributed by atoms with Crippen LogP contribution in [-0.2, 0) is 22.5 Å². The van der Waals surface area contributed by atoms with Crippen molar-refractivity contribution in [2.75, 3.05) is 6.61 Å². The second kappa shape index (κ2) is 7.72. The van der Waals surface area contributed by atoms with Crippen LogP contribution in [-0.4, -0.2) is 33.4 Å². The molecule has 6 nitrogen and oxygen atoms in total. The highest BCUT2D eigenvalue weighted by Gasteiger charge is 2.22. The standard InChI is InChI=1S/C16H28N4O2/c1-11(2)10-22-13(4)16(21)17-12(3)15-19-18-14-8-6-5-7-9-20(14)15/h11-13H,5-10H2,1-4H3,(H,17,21)/t12-,13-/m0/s1. The van der Waals surface area contributed by atoms with Crippen LogP contribution in [0.1, 0.15) is 64.6 Å². The number of nitrogens with one attached hydrogen (secondary N) is 1. The maximum absolute atomic E-state index is 12.2. The molecule has 0 aliphatic carbocycles. The van der Waals surface area contributed by atoms with Gasteiger partial charge in [0.05, 0.1) is 6.04 Å². The number of nitrogens with zero attached hydrogens (tertiary/aromatic N) is 3. The fourth-order valence-electron chi connectivity index (χ4n) is 2.64. The lowest BCUT2D eigenvalue weighted by atomic mass is 10.2. The van der Waals surface area contributed by atoms with E-state index in [-0.39, 0.29) is 11.9 Å². The highest BCUT2D eigenvalue weighted by molar-refractivity contribution is 5.80. The number of amides is 1. The third-order valence-electron chi connectivity index (χ3n) is 3.93. The predicted molar refractivity (Wildman–Crippen MR) is 84.4 cm³/mol. The van der Waals surface area contributed by atoms with Crippen LogP contribution >= 0.6 is 0 Å². The Morgan fingerprint density at radius 3 is 2.73 bits per heavy atom. The molecule has 2 rings (SSSR count). The van der Waals surface area contributed by atoms with Crippen LogP contribution in [0.2, 0.25) is 0 Å². The number of carbonyl (C=O) groups is 1. The average molecular weight is 308 g/mol. The van der Waals surface area contributed by atoms with Gasteiger partial charge in [-0.3, -0.25) is 4.79 Å². The third-order valence-corrected chi connectivity index (χ3v) is 3.93. The Bertz CT molecular complexity index is 498. The van der Waals surface area contributed by atoms with Crippen molar-refractivity contribution in [1.82, 2.24) is 20.1 Å². The number of fused-ring (bicyclic) bond motifs is 1. The lowest BCUT2D eigenvalue weighted by Gasteiger charge is -2.19. The molecule has 1 aliphatic heterocycles. The van der Waals surface area contributed by atoms with Crippen molar-refractivity contribution in [2.24, 2.45) is 5.92 Å². The van der Waals surface area contributed by atoms with Crippen LogP contribution in [0, 0.1) is 5.92 Å². The average Bonchev–Trinajstić information content (AvgIpc) is 2.73. The Balaban J connectivity index is 1.96. The highest BCUT2D eigenvalue weighted by Crippen LogP contribution is 2.18. The first-order valence-corrected chi connectivity index (χ1v) is 8.33. The van der Waals surface area contributed by atoms with E-state index in [1.165, 1.54) is 12.8 Å². The number of aryl methyl sites for hydroxylation is 1. The Morgan fingerprint density at radius 2 is 2.00 bits per heavy atom. The van der Waals surface area contributed by atoms with Crippen LogP contribution in [0.4, 0.5) is 0 Å². The van der Waals surface area contributed by atoms with E-state index in [0.29, 0.717) is 12.5 Å². The Labute approximate surface area is 132 Å². The summed E-state index contributed by atoms with van der Waals surface area (Å²) in [6.07, 6.45) is 4.06. The first-order valence-electron chi connectivity index (χ1n) is 8.33. The molecule has 0 fully saturated rings. The molecule has 0 spiro atoms. The Morgan fingerprint density at radius 1 is 1.23 bits per heavy atom. The van der Waals surface area contributed by atoms with Gasteiger partial charge in [-0.25, -0.2) is 0 Å². The molecule has 2 atom stereocenters. The van der Waals surface area contributed by atoms with Crippen molar-refractivity contribution in [3.63, 3.8) is 0 Å². The summed E-state index contributed by atoms with van der Waals surface area (Å²) in [4.78, 5) is 12.2. The van der Waals surface area contributed by atoms with Gasteiger partial charge in [0.25, 0.3) is 0 Å². The van der Waals surface area contributed by atoms with Gasteiger partial charge in [0.15, 0.2) is 5.82 Å².